The molecule has 3 atom stereocenters. The van der Waals surface area contributed by atoms with Crippen molar-refractivity contribution in [3.05, 3.63) is 92.0 Å². The maximum atomic E-state index is 12.9. The number of nitro groups is 2. The quantitative estimate of drug-likeness (QED) is 0.153. The predicted molar refractivity (Wildman–Crippen MR) is 166 cm³/mol. The molecule has 0 radical (unpaired) electrons. The highest BCUT2D eigenvalue weighted by molar-refractivity contribution is 5.92. The summed E-state index contributed by atoms with van der Waals surface area (Å²) in [6.07, 6.45) is 3.15. The van der Waals surface area contributed by atoms with Gasteiger partial charge in [-0.15, -0.1) is 0 Å². The molecule has 0 spiro atoms. The Morgan fingerprint density at radius 3 is 2.09 bits per heavy atom. The maximum absolute atomic E-state index is 12.9. The third-order valence-corrected chi connectivity index (χ3v) is 8.16. The van der Waals surface area contributed by atoms with Crippen LogP contribution in [0.15, 0.2) is 60.7 Å². The number of nitro benzene ring substituents is 2. The molecule has 3 aromatic carbocycles. The van der Waals surface area contributed by atoms with Crippen molar-refractivity contribution in [1.82, 2.24) is 0 Å². The molecule has 3 unspecified atom stereocenters. The van der Waals surface area contributed by atoms with Crippen molar-refractivity contribution >= 4 is 28.7 Å². The number of nitrogens with one attached hydrogen (secondary N) is 1. The number of carbonyl (C=O) groups excluding carboxylic acids is 1. The van der Waals surface area contributed by atoms with E-state index in [4.69, 9.17) is 4.74 Å². The average molecular weight is 607 g/mol. The van der Waals surface area contributed by atoms with Gasteiger partial charge in [0.1, 0.15) is 18.1 Å². The molecule has 1 saturated carbocycles. The van der Waals surface area contributed by atoms with Crippen LogP contribution in [0.25, 0.3) is 0 Å². The summed E-state index contributed by atoms with van der Waals surface area (Å²) in [5.74, 6) is 0.712. The summed E-state index contributed by atoms with van der Waals surface area (Å²) in [4.78, 5) is 36.2. The van der Waals surface area contributed by atoms with Gasteiger partial charge >= 0.3 is 0 Å². The van der Waals surface area contributed by atoms with Crippen molar-refractivity contribution in [2.75, 3.05) is 16.8 Å². The average Bonchev–Trinajstić information content (AvgIpc) is 2.97. The summed E-state index contributed by atoms with van der Waals surface area (Å²) in [5.41, 5.74) is 1.02. The van der Waals surface area contributed by atoms with Gasteiger partial charge in [-0.25, -0.2) is 0 Å². The van der Waals surface area contributed by atoms with Crippen molar-refractivity contribution in [3.63, 3.8) is 0 Å². The number of phenolic OH excluding ortho intramolecular Hbond substituents is 2. The first-order chi connectivity index (χ1) is 20.9. The van der Waals surface area contributed by atoms with Crippen LogP contribution in [0, 0.1) is 38.0 Å². The zero-order valence-corrected chi connectivity index (χ0v) is 25.0. The Labute approximate surface area is 255 Å². The number of aromatic hydroxyl groups is 2. The summed E-state index contributed by atoms with van der Waals surface area (Å²) < 4.78 is 6.10. The van der Waals surface area contributed by atoms with Crippen LogP contribution in [0.4, 0.5) is 22.7 Å². The highest BCUT2D eigenvalue weighted by Crippen LogP contribution is 2.36. The lowest BCUT2D eigenvalue weighted by atomic mass is 9.75. The van der Waals surface area contributed by atoms with Crippen molar-refractivity contribution in [1.29, 1.82) is 0 Å². The lowest BCUT2D eigenvalue weighted by Gasteiger charge is -2.37. The number of nitrogens with zero attached hydrogens (tertiary/aromatic N) is 3. The molecule has 1 fully saturated rings. The summed E-state index contributed by atoms with van der Waals surface area (Å²) in [6.45, 7) is 6.35. The van der Waals surface area contributed by atoms with Crippen molar-refractivity contribution in [3.8, 4) is 11.5 Å². The maximum Gasteiger partial charge on any atom is 0.270 e. The molecule has 0 saturated heterocycles. The van der Waals surface area contributed by atoms with Gasteiger partial charge in [-0.05, 0) is 60.9 Å². The summed E-state index contributed by atoms with van der Waals surface area (Å²) >= 11 is 0. The van der Waals surface area contributed by atoms with Crippen LogP contribution < -0.4 is 10.2 Å². The third kappa shape index (κ3) is 8.22. The van der Waals surface area contributed by atoms with Crippen LogP contribution in [-0.2, 0) is 22.6 Å². The van der Waals surface area contributed by atoms with Gasteiger partial charge in [0.05, 0.1) is 16.0 Å². The highest BCUT2D eigenvalue weighted by atomic mass is 16.6. The summed E-state index contributed by atoms with van der Waals surface area (Å²) in [5, 5.41) is 46.6. The van der Waals surface area contributed by atoms with E-state index in [0.717, 1.165) is 19.3 Å². The minimum atomic E-state index is -0.574. The van der Waals surface area contributed by atoms with E-state index in [-0.39, 0.29) is 65.7 Å². The molecule has 1 aliphatic carbocycles. The van der Waals surface area contributed by atoms with E-state index in [0.29, 0.717) is 29.1 Å². The second-order valence-corrected chi connectivity index (χ2v) is 11.8. The van der Waals surface area contributed by atoms with E-state index in [1.165, 1.54) is 36.4 Å². The predicted octanol–water partition coefficient (Wildman–Crippen LogP) is 6.54. The van der Waals surface area contributed by atoms with Crippen molar-refractivity contribution in [2.24, 2.45) is 17.8 Å². The van der Waals surface area contributed by atoms with Gasteiger partial charge in [0.25, 0.3) is 11.4 Å². The number of phenols is 2. The van der Waals surface area contributed by atoms with Crippen molar-refractivity contribution in [2.45, 2.75) is 59.2 Å². The van der Waals surface area contributed by atoms with Gasteiger partial charge in [0.2, 0.25) is 5.91 Å². The molecule has 0 bridgehead atoms. The minimum Gasteiger partial charge on any atom is -0.508 e. The van der Waals surface area contributed by atoms with Crippen LogP contribution >= 0.6 is 0 Å². The van der Waals surface area contributed by atoms with E-state index >= 15 is 0 Å². The number of anilines is 2. The van der Waals surface area contributed by atoms with Gasteiger partial charge in [-0.2, -0.15) is 0 Å². The second kappa shape index (κ2) is 14.2. The van der Waals surface area contributed by atoms with Gasteiger partial charge in [0.15, 0.2) is 0 Å². The standard InChI is InChI=1S/C32H38N4O8/c1-20(2)28-10-7-21(3)13-31(28)44-19-32(39)33-24-5-4-6-25(16-24)34(17-22-14-26(35(40)41)8-11-29(22)37)18-23-15-27(36(42)43)9-12-30(23)38/h4-6,8-9,11-12,14-16,20-21,28,31,37-38H,7,10,13,17-19H2,1-3H3,(H,33,39). The minimum absolute atomic E-state index is 0.0107. The molecule has 12 nitrogen and oxygen atoms in total. The Morgan fingerprint density at radius 1 is 0.955 bits per heavy atom. The van der Waals surface area contributed by atoms with Gasteiger partial charge in [-0.1, -0.05) is 33.3 Å². The Bertz CT molecular complexity index is 1450. The van der Waals surface area contributed by atoms with Crippen LogP contribution in [0.1, 0.15) is 51.2 Å². The van der Waals surface area contributed by atoms with E-state index in [1.807, 2.05) is 0 Å². The lowest BCUT2D eigenvalue weighted by molar-refractivity contribution is -0.385. The van der Waals surface area contributed by atoms with Crippen LogP contribution in [0.2, 0.25) is 0 Å². The van der Waals surface area contributed by atoms with Crippen LogP contribution in [0.3, 0.4) is 0 Å². The van der Waals surface area contributed by atoms with Crippen molar-refractivity contribution < 1.29 is 29.6 Å². The number of amides is 1. The molecule has 234 valence electrons. The van der Waals surface area contributed by atoms with Gasteiger partial charge in [-0.3, -0.25) is 25.0 Å². The zero-order chi connectivity index (χ0) is 32.0. The first kappa shape index (κ1) is 32.2. The third-order valence-electron chi connectivity index (χ3n) is 8.16. The highest BCUT2D eigenvalue weighted by Gasteiger charge is 2.31. The number of hydrogen-bond acceptors (Lipinski definition) is 9. The van der Waals surface area contributed by atoms with E-state index < -0.39 is 9.85 Å². The first-order valence-electron chi connectivity index (χ1n) is 14.6. The molecule has 4 rings (SSSR count). The monoisotopic (exact) mass is 606 g/mol. The fourth-order valence-corrected chi connectivity index (χ4v) is 5.74. The summed E-state index contributed by atoms with van der Waals surface area (Å²) in [6, 6.07) is 14.1. The Hall–Kier alpha value is -4.71. The summed E-state index contributed by atoms with van der Waals surface area (Å²) in [7, 11) is 0. The Morgan fingerprint density at radius 2 is 1.55 bits per heavy atom. The molecule has 3 aromatic rings. The molecular formula is C32H38N4O8. The number of non-ortho nitro benzene ring substituents is 2. The largest absolute Gasteiger partial charge is 0.508 e. The fraction of sp³-hybridized carbons (Fsp3) is 0.406. The SMILES string of the molecule is CC1CCC(C(C)C)C(OCC(=O)Nc2cccc(N(Cc3cc([N+](=O)[O-])ccc3O)Cc3cc([N+](=O)[O-])ccc3O)c2)C1. The van der Waals surface area contributed by atoms with E-state index in [2.05, 4.69) is 26.1 Å². The van der Waals surface area contributed by atoms with Crippen LogP contribution in [-0.4, -0.2) is 38.7 Å². The first-order valence-corrected chi connectivity index (χ1v) is 14.6. The molecular weight excluding hydrogens is 568 g/mol. The fourth-order valence-electron chi connectivity index (χ4n) is 5.74. The number of benzene rings is 3. The van der Waals surface area contributed by atoms with E-state index in [1.54, 1.807) is 29.2 Å². The Kier molecular flexibility index (Phi) is 10.4. The molecule has 44 heavy (non-hydrogen) atoms. The second-order valence-electron chi connectivity index (χ2n) is 11.8. The number of rotatable bonds is 12. The normalized spacial score (nSPS) is 18.1. The topological polar surface area (TPSA) is 168 Å². The number of ether oxygens (including phenoxy) is 1. The molecule has 0 aromatic heterocycles. The molecule has 3 N–H and O–H groups in total. The molecule has 1 amide bonds. The zero-order valence-electron chi connectivity index (χ0n) is 25.0. The molecule has 1 aliphatic rings. The molecule has 12 heteroatoms. The lowest BCUT2D eigenvalue weighted by Crippen LogP contribution is -2.36. The van der Waals surface area contributed by atoms with Gasteiger partial charge in [0, 0.05) is 59.9 Å². The van der Waals surface area contributed by atoms with Gasteiger partial charge < -0.3 is 25.2 Å². The number of hydrogen-bond donors (Lipinski definition) is 3. The van der Waals surface area contributed by atoms with Crippen LogP contribution in [0.5, 0.6) is 11.5 Å². The molecule has 0 aliphatic heterocycles. The van der Waals surface area contributed by atoms with E-state index in [9.17, 15) is 35.2 Å². The number of carbonyl (C=O) groups is 1. The molecule has 0 heterocycles. The Balaban J connectivity index is 1.57. The smallest absolute Gasteiger partial charge is 0.270 e.